The van der Waals surface area contributed by atoms with Gasteiger partial charge in [-0.05, 0) is 38.3 Å². The summed E-state index contributed by atoms with van der Waals surface area (Å²) in [5.41, 5.74) is 5.34. The van der Waals surface area contributed by atoms with E-state index in [1.54, 1.807) is 11.2 Å². The van der Waals surface area contributed by atoms with Gasteiger partial charge in [0.25, 0.3) is 0 Å². The summed E-state index contributed by atoms with van der Waals surface area (Å²) in [4.78, 5) is 17.6. The van der Waals surface area contributed by atoms with Crippen LogP contribution in [0.15, 0.2) is 27.8 Å². The minimum atomic E-state index is -0.343. The van der Waals surface area contributed by atoms with Crippen LogP contribution >= 0.6 is 24.0 Å². The van der Waals surface area contributed by atoms with Gasteiger partial charge in [0.1, 0.15) is 5.76 Å². The van der Waals surface area contributed by atoms with Crippen molar-refractivity contribution in [1.29, 1.82) is 0 Å². The van der Waals surface area contributed by atoms with Gasteiger partial charge in [-0.2, -0.15) is 0 Å². The van der Waals surface area contributed by atoms with Crippen LogP contribution in [0.2, 0.25) is 0 Å². The van der Waals surface area contributed by atoms with Crippen LogP contribution < -0.4 is 16.4 Å². The fourth-order valence-electron chi connectivity index (χ4n) is 2.85. The largest absolute Gasteiger partial charge is 0.469 e. The van der Waals surface area contributed by atoms with Crippen LogP contribution in [0.3, 0.4) is 0 Å². The maximum absolute atomic E-state index is 11.2. The first-order chi connectivity index (χ1) is 12.7. The van der Waals surface area contributed by atoms with Gasteiger partial charge in [-0.25, -0.2) is 4.79 Å². The highest BCUT2D eigenvalue weighted by Crippen LogP contribution is 2.09. The Kier molecular flexibility index (Phi) is 11.9. The molecule has 2 amide bonds. The molecule has 0 spiro atoms. The number of carbonyl (C=O) groups is 1. The molecule has 1 saturated heterocycles. The summed E-state index contributed by atoms with van der Waals surface area (Å²) in [5, 5.41) is 6.84. The topological polar surface area (TPSA) is 105 Å². The highest BCUT2D eigenvalue weighted by molar-refractivity contribution is 14.0. The van der Waals surface area contributed by atoms with Crippen LogP contribution in [0.5, 0.6) is 0 Å². The van der Waals surface area contributed by atoms with E-state index in [2.05, 4.69) is 15.6 Å². The molecule has 0 unspecified atom stereocenters. The summed E-state index contributed by atoms with van der Waals surface area (Å²) in [6, 6.07) is 3.80. The van der Waals surface area contributed by atoms with Crippen molar-refractivity contribution in [2.75, 3.05) is 39.4 Å². The van der Waals surface area contributed by atoms with Gasteiger partial charge in [0.05, 0.1) is 6.26 Å². The molecule has 1 aromatic heterocycles. The molecule has 0 atom stereocenters. The third-order valence-corrected chi connectivity index (χ3v) is 4.31. The number of likely N-dealkylation sites (tertiary alicyclic amines) is 1. The van der Waals surface area contributed by atoms with Crippen LogP contribution in [-0.2, 0) is 11.2 Å². The molecule has 1 aromatic rings. The Morgan fingerprint density at radius 3 is 2.85 bits per heavy atom. The molecule has 0 saturated carbocycles. The summed E-state index contributed by atoms with van der Waals surface area (Å²) in [5.74, 6) is 1.74. The van der Waals surface area contributed by atoms with Gasteiger partial charge < -0.3 is 30.4 Å². The number of hydrogen-bond donors (Lipinski definition) is 3. The lowest BCUT2D eigenvalue weighted by molar-refractivity contribution is 0.146. The van der Waals surface area contributed by atoms with Crippen molar-refractivity contribution in [3.8, 4) is 0 Å². The fraction of sp³-hybridized carbons (Fsp3) is 0.667. The molecule has 27 heavy (non-hydrogen) atoms. The third-order valence-electron chi connectivity index (χ3n) is 4.31. The molecule has 1 fully saturated rings. The van der Waals surface area contributed by atoms with E-state index in [-0.39, 0.29) is 36.0 Å². The third kappa shape index (κ3) is 9.32. The Balaban J connectivity index is 0.00000364. The quantitative estimate of drug-likeness (QED) is 0.211. The van der Waals surface area contributed by atoms with E-state index >= 15 is 0 Å². The van der Waals surface area contributed by atoms with Crippen molar-refractivity contribution in [2.24, 2.45) is 10.7 Å². The maximum Gasteiger partial charge on any atom is 0.314 e. The molecule has 0 radical (unpaired) electrons. The molecule has 154 valence electrons. The van der Waals surface area contributed by atoms with Crippen molar-refractivity contribution < 1.29 is 13.9 Å². The Labute approximate surface area is 178 Å². The van der Waals surface area contributed by atoms with Crippen molar-refractivity contribution in [3.05, 3.63) is 24.2 Å². The highest BCUT2D eigenvalue weighted by atomic mass is 127. The number of nitrogens with one attached hydrogen (secondary N) is 2. The number of halogens is 1. The molecule has 4 N–H and O–H groups in total. The number of aliphatic imine (C=N–C) groups is 1. The summed E-state index contributed by atoms with van der Waals surface area (Å²) in [6.45, 7) is 6.24. The van der Waals surface area contributed by atoms with Crippen molar-refractivity contribution in [2.45, 2.75) is 38.6 Å². The first-order valence-electron chi connectivity index (χ1n) is 9.38. The zero-order valence-electron chi connectivity index (χ0n) is 16.0. The lowest BCUT2D eigenvalue weighted by Gasteiger charge is -2.32. The average Bonchev–Trinajstić information content (AvgIpc) is 3.15. The van der Waals surface area contributed by atoms with E-state index in [1.807, 2.05) is 19.1 Å². The summed E-state index contributed by atoms with van der Waals surface area (Å²) >= 11 is 0. The number of nitrogens with two attached hydrogens (primary N) is 1. The Morgan fingerprint density at radius 2 is 2.22 bits per heavy atom. The molecule has 0 aromatic carbocycles. The van der Waals surface area contributed by atoms with Crippen molar-refractivity contribution in [1.82, 2.24) is 15.5 Å². The predicted molar refractivity (Wildman–Crippen MR) is 117 cm³/mol. The van der Waals surface area contributed by atoms with Crippen LogP contribution in [0.1, 0.15) is 31.9 Å². The second-order valence-corrected chi connectivity index (χ2v) is 6.28. The number of primary amides is 1. The summed E-state index contributed by atoms with van der Waals surface area (Å²) in [7, 11) is 0. The first kappa shape index (κ1) is 23.5. The Hall–Kier alpha value is -1.49. The number of piperidine rings is 1. The normalized spacial score (nSPS) is 15.3. The molecule has 0 bridgehead atoms. The number of rotatable bonds is 9. The van der Waals surface area contributed by atoms with E-state index < -0.39 is 0 Å². The number of ether oxygens (including phenoxy) is 1. The van der Waals surface area contributed by atoms with Gasteiger partial charge in [-0.3, -0.25) is 4.99 Å². The number of furan rings is 1. The Morgan fingerprint density at radius 1 is 1.44 bits per heavy atom. The van der Waals surface area contributed by atoms with Crippen molar-refractivity contribution >= 4 is 36.0 Å². The second kappa shape index (κ2) is 13.6. The minimum absolute atomic E-state index is 0. The smallest absolute Gasteiger partial charge is 0.314 e. The van der Waals surface area contributed by atoms with E-state index in [0.717, 1.165) is 57.2 Å². The first-order valence-corrected chi connectivity index (χ1v) is 9.38. The van der Waals surface area contributed by atoms with Crippen LogP contribution in [0.25, 0.3) is 0 Å². The highest BCUT2D eigenvalue weighted by Gasteiger charge is 2.21. The van der Waals surface area contributed by atoms with Gasteiger partial charge >= 0.3 is 6.03 Å². The SMILES string of the molecule is CCOCCCN=C(NCCc1ccco1)NC1CCN(C(N)=O)CC1.I. The molecule has 8 nitrogen and oxygen atoms in total. The maximum atomic E-state index is 11.2. The number of amides is 2. The number of guanidine groups is 1. The molecule has 0 aliphatic carbocycles. The van der Waals surface area contributed by atoms with Crippen molar-refractivity contribution in [3.63, 3.8) is 0 Å². The lowest BCUT2D eigenvalue weighted by Crippen LogP contribution is -2.51. The van der Waals surface area contributed by atoms with Gasteiger partial charge in [0, 0.05) is 51.9 Å². The predicted octanol–water partition coefficient (Wildman–Crippen LogP) is 1.94. The zero-order valence-corrected chi connectivity index (χ0v) is 18.3. The average molecular weight is 493 g/mol. The molecule has 1 aliphatic heterocycles. The zero-order chi connectivity index (χ0) is 18.6. The minimum Gasteiger partial charge on any atom is -0.469 e. The van der Waals surface area contributed by atoms with Crippen LogP contribution in [-0.4, -0.2) is 62.3 Å². The molecule has 1 aliphatic rings. The lowest BCUT2D eigenvalue weighted by atomic mass is 10.1. The fourth-order valence-corrected chi connectivity index (χ4v) is 2.85. The molecular formula is C18H32IN5O3. The number of hydrogen-bond acceptors (Lipinski definition) is 4. The van der Waals surface area contributed by atoms with E-state index in [1.165, 1.54) is 0 Å². The molecular weight excluding hydrogens is 461 g/mol. The van der Waals surface area contributed by atoms with E-state index in [9.17, 15) is 4.79 Å². The molecule has 9 heteroatoms. The standard InChI is InChI=1S/C18H31N5O3.HI/c1-2-25-13-4-9-20-18(21-10-6-16-5-3-14-26-16)22-15-7-11-23(12-8-15)17(19)24;/h3,5,14-15H,2,4,6-13H2,1H3,(H2,19,24)(H2,20,21,22);1H. The van der Waals surface area contributed by atoms with Gasteiger partial charge in [-0.1, -0.05) is 0 Å². The molecule has 2 rings (SSSR count). The van der Waals surface area contributed by atoms with Crippen LogP contribution in [0.4, 0.5) is 4.79 Å². The van der Waals surface area contributed by atoms with Gasteiger partial charge in [-0.15, -0.1) is 24.0 Å². The molecule has 2 heterocycles. The monoisotopic (exact) mass is 493 g/mol. The van der Waals surface area contributed by atoms with Crippen LogP contribution in [0, 0.1) is 0 Å². The second-order valence-electron chi connectivity index (χ2n) is 6.28. The summed E-state index contributed by atoms with van der Waals surface area (Å²) in [6.07, 6.45) is 5.09. The van der Waals surface area contributed by atoms with Gasteiger partial charge in [0.15, 0.2) is 5.96 Å². The number of carbonyl (C=O) groups excluding carboxylic acids is 1. The van der Waals surface area contributed by atoms with E-state index in [4.69, 9.17) is 14.9 Å². The summed E-state index contributed by atoms with van der Waals surface area (Å²) < 4.78 is 10.7. The number of urea groups is 1. The van der Waals surface area contributed by atoms with Gasteiger partial charge in [0.2, 0.25) is 0 Å². The van der Waals surface area contributed by atoms with E-state index in [0.29, 0.717) is 19.6 Å². The Bertz CT molecular complexity index is 545. The number of nitrogens with zero attached hydrogens (tertiary/aromatic N) is 2.